The summed E-state index contributed by atoms with van der Waals surface area (Å²) in [4.78, 5) is 37.1. The number of allylic oxidation sites excluding steroid dienone is 10. The summed E-state index contributed by atoms with van der Waals surface area (Å²) in [6, 6.07) is 0. The Morgan fingerprint density at radius 1 is 0.492 bits per heavy atom. The average molecular weight is 886 g/mol. The van der Waals surface area contributed by atoms with E-state index in [0.29, 0.717) is 17.4 Å². The molecule has 0 saturated heterocycles. The minimum absolute atomic E-state index is 0.140. The van der Waals surface area contributed by atoms with Gasteiger partial charge in [-0.15, -0.1) is 0 Å². The topological polar surface area (TPSA) is 111 Å². The van der Waals surface area contributed by atoms with Crippen LogP contribution in [0.3, 0.4) is 0 Å². The van der Waals surface area contributed by atoms with E-state index in [4.69, 9.17) is 18.9 Å². The lowest BCUT2D eigenvalue weighted by atomic mass is 10.1. The number of nitrogens with zero attached hydrogens (tertiary/aromatic N) is 1. The fourth-order valence-corrected chi connectivity index (χ4v) is 6.81. The fourth-order valence-electron chi connectivity index (χ4n) is 6.81. The number of quaternary nitrogens is 1. The summed E-state index contributed by atoms with van der Waals surface area (Å²) in [5.41, 5.74) is 0. The maximum Gasteiger partial charge on any atom is 0.306 e. The molecule has 9 nitrogen and oxygen atoms in total. The molecule has 2 unspecified atom stereocenters. The Bertz CT molecular complexity index is 1220. The van der Waals surface area contributed by atoms with Gasteiger partial charge < -0.3 is 33.3 Å². The first kappa shape index (κ1) is 60.0. The number of hydrogen-bond donors (Lipinski definition) is 0. The van der Waals surface area contributed by atoms with Gasteiger partial charge in [-0.25, -0.2) is 0 Å². The van der Waals surface area contributed by atoms with Crippen LogP contribution in [0.1, 0.15) is 206 Å². The van der Waals surface area contributed by atoms with Crippen LogP contribution in [0.4, 0.5) is 0 Å². The molecule has 0 radical (unpaired) electrons. The number of carboxylic acids is 1. The Balaban J connectivity index is 4.37. The lowest BCUT2D eigenvalue weighted by Gasteiger charge is -2.26. The van der Waals surface area contributed by atoms with Crippen molar-refractivity contribution in [3.05, 3.63) is 60.8 Å². The van der Waals surface area contributed by atoms with E-state index in [1.54, 1.807) is 0 Å². The Kier molecular flexibility index (Phi) is 43.4. The lowest BCUT2D eigenvalue weighted by molar-refractivity contribution is -0.870. The predicted molar refractivity (Wildman–Crippen MR) is 260 cm³/mol. The number of hydrogen-bond acceptors (Lipinski definition) is 8. The number of ether oxygens (including phenoxy) is 4. The molecule has 0 N–H and O–H groups in total. The molecular formula is C54H95NO8. The van der Waals surface area contributed by atoms with Crippen molar-refractivity contribution in [3.8, 4) is 0 Å². The molecule has 9 heteroatoms. The number of likely N-dealkylation sites (N-methyl/N-ethyl adjacent to an activating group) is 1. The van der Waals surface area contributed by atoms with Crippen LogP contribution in [-0.4, -0.2) is 82.3 Å². The maximum atomic E-state index is 12.8. The summed E-state index contributed by atoms with van der Waals surface area (Å²) in [6.07, 6.45) is 52.5. The van der Waals surface area contributed by atoms with E-state index < -0.39 is 24.3 Å². The van der Waals surface area contributed by atoms with E-state index >= 15 is 0 Å². The molecular weight excluding hydrogens is 791 g/mol. The molecule has 0 aliphatic rings. The van der Waals surface area contributed by atoms with Crippen LogP contribution in [0, 0.1) is 0 Å². The van der Waals surface area contributed by atoms with Crippen LogP contribution >= 0.6 is 0 Å². The molecule has 0 spiro atoms. The van der Waals surface area contributed by atoms with Gasteiger partial charge in [0.25, 0.3) is 0 Å². The molecule has 0 aliphatic carbocycles. The van der Waals surface area contributed by atoms with Crippen LogP contribution in [0.15, 0.2) is 60.8 Å². The first-order chi connectivity index (χ1) is 30.6. The van der Waals surface area contributed by atoms with Gasteiger partial charge in [-0.2, -0.15) is 0 Å². The number of rotatable bonds is 46. The van der Waals surface area contributed by atoms with Crippen LogP contribution in [0.2, 0.25) is 0 Å². The number of carbonyl (C=O) groups is 3. The molecule has 0 bridgehead atoms. The minimum atomic E-state index is -1.63. The number of aliphatic carboxylic acids is 1. The van der Waals surface area contributed by atoms with Crippen molar-refractivity contribution in [2.24, 2.45) is 0 Å². The highest BCUT2D eigenvalue weighted by Gasteiger charge is 2.21. The van der Waals surface area contributed by atoms with E-state index in [0.717, 1.165) is 70.6 Å². The SMILES string of the molecule is CC/C=C\C/C=C\C/C=C\C/C=C\CCCCCCC(=O)OC(COC(=O)CCCCCCCCCCC/C=C\CCCCCCCCCC)COC(OCC[N+](C)(C)C)C(=O)[O-]. The molecule has 0 saturated carbocycles. The normalized spacial score (nSPS) is 13.3. The molecule has 0 heterocycles. The van der Waals surface area contributed by atoms with Crippen molar-refractivity contribution >= 4 is 17.9 Å². The van der Waals surface area contributed by atoms with Crippen molar-refractivity contribution in [1.29, 1.82) is 0 Å². The molecule has 0 amide bonds. The molecule has 0 aromatic carbocycles. The maximum absolute atomic E-state index is 12.8. The van der Waals surface area contributed by atoms with Gasteiger partial charge in [0.15, 0.2) is 12.4 Å². The smallest absolute Gasteiger partial charge is 0.306 e. The largest absolute Gasteiger partial charge is 0.545 e. The Labute approximate surface area is 386 Å². The third kappa shape index (κ3) is 46.8. The monoisotopic (exact) mass is 886 g/mol. The molecule has 2 atom stereocenters. The van der Waals surface area contributed by atoms with Crippen molar-refractivity contribution in [1.82, 2.24) is 0 Å². The second kappa shape index (κ2) is 45.6. The Hall–Kier alpha value is -3.01. The average Bonchev–Trinajstić information content (AvgIpc) is 3.24. The summed E-state index contributed by atoms with van der Waals surface area (Å²) in [6.45, 7) is 4.60. The van der Waals surface area contributed by atoms with E-state index in [1.165, 1.54) is 103 Å². The van der Waals surface area contributed by atoms with E-state index in [-0.39, 0.29) is 38.6 Å². The van der Waals surface area contributed by atoms with Gasteiger partial charge in [-0.3, -0.25) is 9.59 Å². The Morgan fingerprint density at radius 2 is 0.905 bits per heavy atom. The summed E-state index contributed by atoms with van der Waals surface area (Å²) >= 11 is 0. The van der Waals surface area contributed by atoms with Gasteiger partial charge in [0, 0.05) is 12.8 Å². The highest BCUT2D eigenvalue weighted by molar-refractivity contribution is 5.70. The zero-order chi connectivity index (χ0) is 46.3. The van der Waals surface area contributed by atoms with Gasteiger partial charge >= 0.3 is 11.9 Å². The third-order valence-corrected chi connectivity index (χ3v) is 10.7. The Morgan fingerprint density at radius 3 is 1.37 bits per heavy atom. The van der Waals surface area contributed by atoms with E-state index in [2.05, 4.69) is 74.6 Å². The van der Waals surface area contributed by atoms with Crippen molar-refractivity contribution in [2.75, 3.05) is 47.5 Å². The van der Waals surface area contributed by atoms with Crippen molar-refractivity contribution in [3.63, 3.8) is 0 Å². The second-order valence-corrected chi connectivity index (χ2v) is 18.1. The van der Waals surface area contributed by atoms with Gasteiger partial charge in [-0.1, -0.05) is 177 Å². The fraction of sp³-hybridized carbons (Fsp3) is 0.759. The molecule has 0 aromatic rings. The van der Waals surface area contributed by atoms with Gasteiger partial charge in [0.1, 0.15) is 13.2 Å². The minimum Gasteiger partial charge on any atom is -0.545 e. The van der Waals surface area contributed by atoms with Gasteiger partial charge in [0.2, 0.25) is 0 Å². The predicted octanol–water partition coefficient (Wildman–Crippen LogP) is 12.8. The lowest BCUT2D eigenvalue weighted by Crippen LogP contribution is -2.44. The molecule has 0 aromatic heterocycles. The summed E-state index contributed by atoms with van der Waals surface area (Å²) in [5, 5.41) is 11.7. The quantitative estimate of drug-likeness (QED) is 0.0195. The summed E-state index contributed by atoms with van der Waals surface area (Å²) < 4.78 is 22.6. The summed E-state index contributed by atoms with van der Waals surface area (Å²) in [5.74, 6) is -2.32. The number of carbonyl (C=O) groups excluding carboxylic acids is 3. The van der Waals surface area contributed by atoms with Gasteiger partial charge in [-0.05, 0) is 77.0 Å². The highest BCUT2D eigenvalue weighted by atomic mass is 16.7. The molecule has 0 rings (SSSR count). The van der Waals surface area contributed by atoms with Crippen LogP contribution in [0.25, 0.3) is 0 Å². The molecule has 63 heavy (non-hydrogen) atoms. The van der Waals surface area contributed by atoms with Crippen LogP contribution in [-0.2, 0) is 33.3 Å². The van der Waals surface area contributed by atoms with Gasteiger partial charge in [0.05, 0.1) is 40.3 Å². The number of esters is 2. The van der Waals surface area contributed by atoms with E-state index in [9.17, 15) is 19.5 Å². The summed E-state index contributed by atoms with van der Waals surface area (Å²) in [7, 11) is 5.90. The number of carboxylic acid groups (broad SMARTS) is 1. The van der Waals surface area contributed by atoms with Crippen molar-refractivity contribution < 1.29 is 42.9 Å². The standard InChI is InChI=1S/C54H95NO8/c1-6-8-10-12-14-16-18-20-22-24-25-26-27-29-30-32-34-36-38-40-42-44-51(56)61-48-50(49-62-54(53(58)59)60-47-46-55(3,4)5)63-52(57)45-43-41-39-37-35-33-31-28-23-21-19-17-15-13-11-9-7-2/h9,11,15,17,21,23-25,31,33,50,54H,6-8,10,12-14,16,18-20,22,26-30,32,34-49H2,1-5H3/b11-9-,17-15-,23-21-,25-24-,33-31-. The third-order valence-electron chi connectivity index (χ3n) is 10.7. The molecule has 0 aliphatic heterocycles. The molecule has 0 fully saturated rings. The zero-order valence-electron chi connectivity index (χ0n) is 41.2. The number of unbranched alkanes of at least 4 members (excludes halogenated alkanes) is 21. The first-order valence-electron chi connectivity index (χ1n) is 25.4. The van der Waals surface area contributed by atoms with Crippen LogP contribution in [0.5, 0.6) is 0 Å². The van der Waals surface area contributed by atoms with E-state index in [1.807, 2.05) is 21.1 Å². The zero-order valence-corrected chi connectivity index (χ0v) is 41.2. The van der Waals surface area contributed by atoms with Crippen LogP contribution < -0.4 is 5.11 Å². The van der Waals surface area contributed by atoms with Crippen molar-refractivity contribution in [2.45, 2.75) is 219 Å². The molecule has 364 valence electrons. The highest BCUT2D eigenvalue weighted by Crippen LogP contribution is 2.14. The second-order valence-electron chi connectivity index (χ2n) is 18.1. The first-order valence-corrected chi connectivity index (χ1v) is 25.4.